The zero-order valence-corrected chi connectivity index (χ0v) is 17.0. The highest BCUT2D eigenvalue weighted by Gasteiger charge is 2.39. The Morgan fingerprint density at radius 3 is 2.75 bits per heavy atom. The zero-order chi connectivity index (χ0) is 22.9. The van der Waals surface area contributed by atoms with Gasteiger partial charge in [-0.05, 0) is 37.3 Å². The second-order valence-corrected chi connectivity index (χ2v) is 7.23. The van der Waals surface area contributed by atoms with Crippen molar-refractivity contribution in [3.8, 4) is 17.2 Å². The van der Waals surface area contributed by atoms with Crippen LogP contribution in [0, 0.1) is 29.1 Å². The smallest absolute Gasteiger partial charge is 0.283 e. The summed E-state index contributed by atoms with van der Waals surface area (Å²) in [6.07, 6.45) is 5.36. The minimum atomic E-state index is -3.67. The van der Waals surface area contributed by atoms with Crippen LogP contribution in [0.2, 0.25) is 0 Å². The van der Waals surface area contributed by atoms with E-state index in [0.29, 0.717) is 39.8 Å². The fraction of sp³-hybridized carbons (Fsp3) is 0.182. The van der Waals surface area contributed by atoms with Crippen molar-refractivity contribution in [2.75, 3.05) is 0 Å². The van der Waals surface area contributed by atoms with Crippen molar-refractivity contribution >= 4 is 16.7 Å². The van der Waals surface area contributed by atoms with Crippen molar-refractivity contribution in [3.05, 3.63) is 71.7 Å². The molecule has 0 bridgehead atoms. The van der Waals surface area contributed by atoms with Gasteiger partial charge in [-0.1, -0.05) is 6.07 Å². The molecule has 8 nitrogen and oxygen atoms in total. The number of nitriles is 1. The minimum Gasteiger partial charge on any atom is -0.283 e. The second-order valence-electron chi connectivity index (χ2n) is 7.23. The Hall–Kier alpha value is -4.26. The third-order valence-electron chi connectivity index (χ3n) is 4.94. The van der Waals surface area contributed by atoms with Gasteiger partial charge in [-0.15, -0.1) is 0 Å². The van der Waals surface area contributed by atoms with E-state index >= 15 is 8.78 Å². The third-order valence-corrected chi connectivity index (χ3v) is 4.94. The standard InChI is InChI=1S/C22H18F2N8/c1-14-3-6-20(26)32(30-14)21(27)22(23,24)18-4-5-19-15(10-18)9-16(11-28-19)17-12-29-31(13-17)8-2-7-25/h3-6,9-13,26-27H,2,8H2,1H3. The van der Waals surface area contributed by atoms with Gasteiger partial charge in [-0.2, -0.15) is 28.9 Å². The molecule has 0 atom stereocenters. The molecule has 0 amide bonds. The Bertz CT molecular complexity index is 1430. The maximum absolute atomic E-state index is 15.2. The van der Waals surface area contributed by atoms with Gasteiger partial charge in [0.2, 0.25) is 0 Å². The van der Waals surface area contributed by atoms with Gasteiger partial charge in [-0.25, -0.2) is 0 Å². The Morgan fingerprint density at radius 2 is 1.97 bits per heavy atom. The Morgan fingerprint density at radius 1 is 1.16 bits per heavy atom. The Kier molecular flexibility index (Phi) is 5.32. The van der Waals surface area contributed by atoms with Gasteiger partial charge < -0.3 is 0 Å². The van der Waals surface area contributed by atoms with Crippen LogP contribution in [0.1, 0.15) is 17.7 Å². The summed E-state index contributed by atoms with van der Waals surface area (Å²) in [7, 11) is 0. The molecule has 160 valence electrons. The molecule has 3 heterocycles. The highest BCUT2D eigenvalue weighted by atomic mass is 19.3. The quantitative estimate of drug-likeness (QED) is 0.370. The fourth-order valence-electron chi connectivity index (χ4n) is 3.24. The SMILES string of the molecule is Cc1ccc(=N)n(C(=N)C(F)(F)c2ccc3ncc(-c4cnn(CCC#N)c4)cc3c2)n1. The lowest BCUT2D eigenvalue weighted by atomic mass is 10.0. The van der Waals surface area contributed by atoms with E-state index in [1.165, 1.54) is 30.3 Å². The monoisotopic (exact) mass is 432 g/mol. The molecule has 32 heavy (non-hydrogen) atoms. The number of nitrogens with one attached hydrogen (secondary N) is 2. The van der Waals surface area contributed by atoms with Crippen molar-refractivity contribution in [1.29, 1.82) is 16.1 Å². The van der Waals surface area contributed by atoms with E-state index in [-0.39, 0.29) is 5.49 Å². The van der Waals surface area contributed by atoms with Crippen LogP contribution < -0.4 is 5.49 Å². The van der Waals surface area contributed by atoms with Gasteiger partial charge in [0.25, 0.3) is 0 Å². The van der Waals surface area contributed by atoms with Gasteiger partial charge >= 0.3 is 5.92 Å². The number of aryl methyl sites for hydroxylation is 2. The first-order valence-electron chi connectivity index (χ1n) is 9.68. The molecule has 1 aromatic carbocycles. The number of alkyl halides is 2. The molecule has 4 rings (SSSR count). The molecule has 0 aliphatic heterocycles. The number of hydrogen-bond donors (Lipinski definition) is 2. The van der Waals surface area contributed by atoms with Gasteiger partial charge in [0.15, 0.2) is 5.84 Å². The largest absolute Gasteiger partial charge is 0.331 e. The first-order chi connectivity index (χ1) is 15.3. The molecular weight excluding hydrogens is 414 g/mol. The number of benzene rings is 1. The van der Waals surface area contributed by atoms with Crippen LogP contribution >= 0.6 is 0 Å². The van der Waals surface area contributed by atoms with Crippen LogP contribution in [-0.2, 0) is 12.5 Å². The van der Waals surface area contributed by atoms with E-state index in [1.807, 2.05) is 0 Å². The Labute approximate surface area is 181 Å². The number of nitrogens with zero attached hydrogens (tertiary/aromatic N) is 6. The second kappa shape index (κ2) is 8.11. The van der Waals surface area contributed by atoms with Crippen LogP contribution in [0.3, 0.4) is 0 Å². The molecule has 2 N–H and O–H groups in total. The molecule has 0 saturated heterocycles. The number of rotatable bonds is 5. The van der Waals surface area contributed by atoms with Crippen LogP contribution in [0.25, 0.3) is 22.0 Å². The maximum Gasteiger partial charge on any atom is 0.331 e. The summed E-state index contributed by atoms with van der Waals surface area (Å²) in [4.78, 5) is 4.35. The fourth-order valence-corrected chi connectivity index (χ4v) is 3.24. The topological polar surface area (TPSA) is 120 Å². The van der Waals surface area contributed by atoms with E-state index in [0.717, 1.165) is 5.56 Å². The summed E-state index contributed by atoms with van der Waals surface area (Å²) < 4.78 is 32.6. The van der Waals surface area contributed by atoms with Crippen molar-refractivity contribution in [2.24, 2.45) is 0 Å². The zero-order valence-electron chi connectivity index (χ0n) is 17.0. The lowest BCUT2D eigenvalue weighted by Gasteiger charge is -2.19. The van der Waals surface area contributed by atoms with E-state index in [2.05, 4.69) is 21.3 Å². The highest BCUT2D eigenvalue weighted by Crippen LogP contribution is 2.32. The lowest BCUT2D eigenvalue weighted by Crippen LogP contribution is -2.39. The summed E-state index contributed by atoms with van der Waals surface area (Å²) in [5.41, 5.74) is 1.69. The molecule has 0 unspecified atom stereocenters. The van der Waals surface area contributed by atoms with Crippen molar-refractivity contribution in [2.45, 2.75) is 25.8 Å². The highest BCUT2D eigenvalue weighted by molar-refractivity contribution is 5.91. The summed E-state index contributed by atoms with van der Waals surface area (Å²) in [6, 6.07) is 10.6. The van der Waals surface area contributed by atoms with Crippen molar-refractivity contribution in [1.82, 2.24) is 24.5 Å². The van der Waals surface area contributed by atoms with Gasteiger partial charge in [0.05, 0.1) is 36.4 Å². The predicted molar refractivity (Wildman–Crippen MR) is 113 cm³/mol. The molecule has 4 aromatic rings. The van der Waals surface area contributed by atoms with E-state index in [9.17, 15) is 0 Å². The molecule has 0 aliphatic rings. The van der Waals surface area contributed by atoms with Gasteiger partial charge in [0, 0.05) is 34.5 Å². The maximum atomic E-state index is 15.2. The Balaban J connectivity index is 1.71. The van der Waals surface area contributed by atoms with Crippen molar-refractivity contribution < 1.29 is 8.78 Å². The predicted octanol–water partition coefficient (Wildman–Crippen LogP) is 3.61. The van der Waals surface area contributed by atoms with Crippen LogP contribution in [0.15, 0.2) is 55.0 Å². The van der Waals surface area contributed by atoms with Crippen molar-refractivity contribution in [3.63, 3.8) is 0 Å². The third kappa shape index (κ3) is 3.88. The molecule has 0 fully saturated rings. The van der Waals surface area contributed by atoms with E-state index in [1.54, 1.807) is 36.3 Å². The minimum absolute atomic E-state index is 0.307. The molecule has 3 aromatic heterocycles. The van der Waals surface area contributed by atoms with Gasteiger partial charge in [-0.3, -0.25) is 20.5 Å². The first kappa shape index (κ1) is 21.0. The van der Waals surface area contributed by atoms with Gasteiger partial charge in [0.1, 0.15) is 5.49 Å². The van der Waals surface area contributed by atoms with E-state index in [4.69, 9.17) is 16.1 Å². The number of aromatic nitrogens is 5. The summed E-state index contributed by atoms with van der Waals surface area (Å²) >= 11 is 0. The number of halogens is 2. The average Bonchev–Trinajstić information content (AvgIpc) is 3.27. The number of fused-ring (bicyclic) bond motifs is 1. The molecular formula is C22H18F2N8. The number of hydrogen-bond acceptors (Lipinski definition) is 6. The molecule has 0 spiro atoms. The first-order valence-corrected chi connectivity index (χ1v) is 9.68. The molecule has 10 heteroatoms. The normalized spacial score (nSPS) is 11.4. The summed E-state index contributed by atoms with van der Waals surface area (Å²) in [5.74, 6) is -4.78. The summed E-state index contributed by atoms with van der Waals surface area (Å²) in [5, 5.41) is 33.1. The average molecular weight is 432 g/mol. The van der Waals surface area contributed by atoms with E-state index < -0.39 is 17.3 Å². The lowest BCUT2D eigenvalue weighted by molar-refractivity contribution is 0.0696. The molecule has 0 aliphatic carbocycles. The van der Waals surface area contributed by atoms with Crippen LogP contribution in [0.5, 0.6) is 0 Å². The summed E-state index contributed by atoms with van der Waals surface area (Å²) in [6.45, 7) is 2.06. The molecule has 0 radical (unpaired) electrons. The van der Waals surface area contributed by atoms with Crippen LogP contribution in [-0.4, -0.2) is 30.4 Å². The molecule has 0 saturated carbocycles. The number of pyridine rings is 1. The van der Waals surface area contributed by atoms with Crippen LogP contribution in [0.4, 0.5) is 8.78 Å².